The molecule has 1 atom stereocenters. The molecule has 0 bridgehead atoms. The number of carbonyl (C=O) groups is 2. The van der Waals surface area contributed by atoms with E-state index in [-0.39, 0.29) is 23.5 Å². The molecule has 0 unspecified atom stereocenters. The Labute approximate surface area is 105 Å². The Bertz CT molecular complexity index is 459. The van der Waals surface area contributed by atoms with E-state index in [0.717, 1.165) is 12.8 Å². The highest BCUT2D eigenvalue weighted by atomic mass is 19.1. The molecule has 2 rings (SSSR count). The molecular weight excluding hydrogens is 235 g/mol. The van der Waals surface area contributed by atoms with Crippen molar-refractivity contribution in [2.45, 2.75) is 12.8 Å². The largest absolute Gasteiger partial charge is 0.369 e. The molecule has 1 heterocycles. The fraction of sp³-hybridized carbons (Fsp3) is 0.385. The van der Waals surface area contributed by atoms with Gasteiger partial charge in [-0.05, 0) is 37.1 Å². The smallest absolute Gasteiger partial charge is 0.253 e. The van der Waals surface area contributed by atoms with Gasteiger partial charge in [-0.3, -0.25) is 9.59 Å². The molecule has 0 aliphatic carbocycles. The number of halogens is 1. The third-order valence-corrected chi connectivity index (χ3v) is 3.20. The minimum Gasteiger partial charge on any atom is -0.369 e. The summed E-state index contributed by atoms with van der Waals surface area (Å²) in [5.74, 6) is -1.20. The van der Waals surface area contributed by atoms with Crippen LogP contribution in [0.3, 0.4) is 0 Å². The first-order valence-corrected chi connectivity index (χ1v) is 5.92. The molecule has 1 aliphatic heterocycles. The summed E-state index contributed by atoms with van der Waals surface area (Å²) in [5, 5.41) is 0. The monoisotopic (exact) mass is 250 g/mol. The van der Waals surface area contributed by atoms with Gasteiger partial charge in [0.15, 0.2) is 0 Å². The lowest BCUT2D eigenvalue weighted by Gasteiger charge is -2.31. The summed E-state index contributed by atoms with van der Waals surface area (Å²) in [6.45, 7) is 0.964. The minimum absolute atomic E-state index is 0.180. The molecule has 1 fully saturated rings. The van der Waals surface area contributed by atoms with Crippen LogP contribution in [0.1, 0.15) is 23.2 Å². The summed E-state index contributed by atoms with van der Waals surface area (Å²) in [5.41, 5.74) is 5.69. The number of amides is 2. The van der Waals surface area contributed by atoms with E-state index in [4.69, 9.17) is 5.73 Å². The predicted octanol–water partition coefficient (Wildman–Crippen LogP) is 1.16. The second kappa shape index (κ2) is 5.16. The molecule has 0 radical (unpaired) electrons. The quantitative estimate of drug-likeness (QED) is 0.856. The zero-order valence-electron chi connectivity index (χ0n) is 9.93. The summed E-state index contributed by atoms with van der Waals surface area (Å²) < 4.78 is 12.8. The molecular formula is C13H15FN2O2. The van der Waals surface area contributed by atoms with E-state index >= 15 is 0 Å². The van der Waals surface area contributed by atoms with Crippen LogP contribution in [0, 0.1) is 11.7 Å². The number of benzene rings is 1. The van der Waals surface area contributed by atoms with E-state index in [1.165, 1.54) is 24.3 Å². The van der Waals surface area contributed by atoms with Crippen molar-refractivity contribution in [1.82, 2.24) is 4.90 Å². The van der Waals surface area contributed by atoms with Gasteiger partial charge in [0.1, 0.15) is 5.82 Å². The first-order chi connectivity index (χ1) is 8.58. The van der Waals surface area contributed by atoms with Crippen LogP contribution < -0.4 is 5.73 Å². The van der Waals surface area contributed by atoms with Crippen LogP contribution in [-0.2, 0) is 4.79 Å². The van der Waals surface area contributed by atoms with E-state index in [1.807, 2.05) is 0 Å². The van der Waals surface area contributed by atoms with Crippen LogP contribution in [0.2, 0.25) is 0 Å². The molecule has 18 heavy (non-hydrogen) atoms. The third kappa shape index (κ3) is 2.67. The van der Waals surface area contributed by atoms with E-state index in [2.05, 4.69) is 0 Å². The molecule has 0 spiro atoms. The molecule has 0 saturated carbocycles. The molecule has 1 saturated heterocycles. The predicted molar refractivity (Wildman–Crippen MR) is 64.2 cm³/mol. The highest BCUT2D eigenvalue weighted by Crippen LogP contribution is 2.18. The van der Waals surface area contributed by atoms with Crippen molar-refractivity contribution in [3.63, 3.8) is 0 Å². The summed E-state index contributed by atoms with van der Waals surface area (Å²) in [7, 11) is 0. The number of hydrogen-bond acceptors (Lipinski definition) is 2. The van der Waals surface area contributed by atoms with Gasteiger partial charge in [0.2, 0.25) is 5.91 Å². The van der Waals surface area contributed by atoms with Crippen LogP contribution in [0.25, 0.3) is 0 Å². The number of rotatable bonds is 2. The maximum Gasteiger partial charge on any atom is 0.253 e. The fourth-order valence-electron chi connectivity index (χ4n) is 2.17. The van der Waals surface area contributed by atoms with E-state index in [9.17, 15) is 14.0 Å². The number of primary amides is 1. The van der Waals surface area contributed by atoms with Gasteiger partial charge >= 0.3 is 0 Å². The summed E-state index contributed by atoms with van der Waals surface area (Å²) in [6, 6.07) is 5.41. The Balaban J connectivity index is 2.09. The fourth-order valence-corrected chi connectivity index (χ4v) is 2.17. The Morgan fingerprint density at radius 1 is 1.28 bits per heavy atom. The first-order valence-electron chi connectivity index (χ1n) is 5.92. The second-order valence-corrected chi connectivity index (χ2v) is 4.50. The van der Waals surface area contributed by atoms with Gasteiger partial charge in [0.25, 0.3) is 5.91 Å². The standard InChI is InChI=1S/C13H15FN2O2/c14-11-5-3-9(4-6-11)13(18)16-7-1-2-10(8-16)12(15)17/h3-6,10H,1-2,7-8H2,(H2,15,17)/t10-/m0/s1. The van der Waals surface area contributed by atoms with Crippen LogP contribution in [-0.4, -0.2) is 29.8 Å². The first kappa shape index (κ1) is 12.5. The second-order valence-electron chi connectivity index (χ2n) is 4.50. The van der Waals surface area contributed by atoms with Crippen LogP contribution in [0.5, 0.6) is 0 Å². The average molecular weight is 250 g/mol. The lowest BCUT2D eigenvalue weighted by atomic mass is 9.97. The lowest BCUT2D eigenvalue weighted by molar-refractivity contribution is -0.123. The molecule has 1 aromatic rings. The number of piperidine rings is 1. The van der Waals surface area contributed by atoms with Gasteiger partial charge in [-0.1, -0.05) is 0 Å². The summed E-state index contributed by atoms with van der Waals surface area (Å²) in [4.78, 5) is 24.9. The molecule has 2 amide bonds. The van der Waals surface area contributed by atoms with Crippen molar-refractivity contribution >= 4 is 11.8 Å². The maximum absolute atomic E-state index is 12.8. The van der Waals surface area contributed by atoms with E-state index in [0.29, 0.717) is 18.7 Å². The van der Waals surface area contributed by atoms with E-state index in [1.54, 1.807) is 4.90 Å². The molecule has 5 heteroatoms. The van der Waals surface area contributed by atoms with Crippen molar-refractivity contribution in [2.75, 3.05) is 13.1 Å². The van der Waals surface area contributed by atoms with E-state index < -0.39 is 0 Å². The Hall–Kier alpha value is -1.91. The highest BCUT2D eigenvalue weighted by Gasteiger charge is 2.27. The zero-order valence-corrected chi connectivity index (χ0v) is 9.93. The Morgan fingerprint density at radius 3 is 2.56 bits per heavy atom. The maximum atomic E-state index is 12.8. The Kier molecular flexibility index (Phi) is 3.60. The number of carbonyl (C=O) groups excluding carboxylic acids is 2. The lowest BCUT2D eigenvalue weighted by Crippen LogP contribution is -2.44. The van der Waals surface area contributed by atoms with Gasteiger partial charge in [-0.25, -0.2) is 4.39 Å². The minimum atomic E-state index is -0.375. The van der Waals surface area contributed by atoms with Gasteiger partial charge in [0, 0.05) is 18.7 Å². The number of nitrogens with two attached hydrogens (primary N) is 1. The van der Waals surface area contributed by atoms with Gasteiger partial charge in [-0.2, -0.15) is 0 Å². The van der Waals surface area contributed by atoms with Crippen molar-refractivity contribution in [1.29, 1.82) is 0 Å². The van der Waals surface area contributed by atoms with Crippen molar-refractivity contribution in [3.8, 4) is 0 Å². The molecule has 1 aromatic carbocycles. The number of nitrogens with zero attached hydrogens (tertiary/aromatic N) is 1. The van der Waals surface area contributed by atoms with Gasteiger partial charge < -0.3 is 10.6 Å². The average Bonchev–Trinajstić information content (AvgIpc) is 2.39. The molecule has 96 valence electrons. The topological polar surface area (TPSA) is 63.4 Å². The third-order valence-electron chi connectivity index (χ3n) is 3.20. The SMILES string of the molecule is NC(=O)[C@H]1CCCN(C(=O)c2ccc(F)cc2)C1. The number of likely N-dealkylation sites (tertiary alicyclic amines) is 1. The summed E-state index contributed by atoms with van der Waals surface area (Å²) >= 11 is 0. The van der Waals surface area contributed by atoms with Crippen LogP contribution in [0.4, 0.5) is 4.39 Å². The van der Waals surface area contributed by atoms with Crippen LogP contribution >= 0.6 is 0 Å². The molecule has 1 aliphatic rings. The Morgan fingerprint density at radius 2 is 1.94 bits per heavy atom. The summed E-state index contributed by atoms with van der Waals surface area (Å²) in [6.07, 6.45) is 1.49. The van der Waals surface area contributed by atoms with Crippen molar-refractivity contribution in [3.05, 3.63) is 35.6 Å². The van der Waals surface area contributed by atoms with Crippen molar-refractivity contribution < 1.29 is 14.0 Å². The molecule has 2 N–H and O–H groups in total. The van der Waals surface area contributed by atoms with Gasteiger partial charge in [0.05, 0.1) is 5.92 Å². The molecule has 4 nitrogen and oxygen atoms in total. The van der Waals surface area contributed by atoms with Gasteiger partial charge in [-0.15, -0.1) is 0 Å². The number of hydrogen-bond donors (Lipinski definition) is 1. The van der Waals surface area contributed by atoms with Crippen LogP contribution in [0.15, 0.2) is 24.3 Å². The van der Waals surface area contributed by atoms with Crippen molar-refractivity contribution in [2.24, 2.45) is 11.7 Å². The molecule has 0 aromatic heterocycles. The normalized spacial score (nSPS) is 19.6. The highest BCUT2D eigenvalue weighted by molar-refractivity contribution is 5.94. The zero-order chi connectivity index (χ0) is 13.1.